The minimum atomic E-state index is -0.309. The maximum Gasteiger partial charge on any atom is 0.269 e. The third-order valence-electron chi connectivity index (χ3n) is 4.73. The van der Waals surface area contributed by atoms with E-state index in [1.807, 2.05) is 12.1 Å². The molecule has 0 saturated carbocycles. The average molecular weight is 366 g/mol. The molecular weight excluding hydrogens is 348 g/mol. The summed E-state index contributed by atoms with van der Waals surface area (Å²) in [6.07, 6.45) is 4.11. The van der Waals surface area contributed by atoms with Gasteiger partial charge in [-0.3, -0.25) is 19.0 Å². The van der Waals surface area contributed by atoms with Crippen LogP contribution in [0, 0.1) is 0 Å². The smallest absolute Gasteiger partial charge is 0.269 e. The number of carbonyl (C=O) groups excluding carboxylic acids is 2. The molecule has 138 valence electrons. The van der Waals surface area contributed by atoms with Gasteiger partial charge >= 0.3 is 0 Å². The number of benzene rings is 1. The number of piperazine rings is 1. The Kier molecular flexibility index (Phi) is 4.45. The monoisotopic (exact) mass is 366 g/mol. The van der Waals surface area contributed by atoms with E-state index in [4.69, 9.17) is 4.42 Å². The van der Waals surface area contributed by atoms with Crippen molar-refractivity contribution in [3.05, 3.63) is 65.0 Å². The second-order valence-corrected chi connectivity index (χ2v) is 6.36. The Morgan fingerprint density at radius 3 is 2.52 bits per heavy atom. The lowest BCUT2D eigenvalue weighted by molar-refractivity contribution is -0.133. The molecule has 0 unspecified atom stereocenters. The van der Waals surface area contributed by atoms with Gasteiger partial charge in [-0.2, -0.15) is 0 Å². The Bertz CT molecular complexity index is 1030. The number of rotatable bonds is 3. The zero-order valence-electron chi connectivity index (χ0n) is 14.6. The van der Waals surface area contributed by atoms with Crippen LogP contribution in [0.3, 0.4) is 0 Å². The van der Waals surface area contributed by atoms with Crippen molar-refractivity contribution in [2.75, 3.05) is 26.2 Å². The topological polar surface area (TPSA) is 88.7 Å². The first kappa shape index (κ1) is 17.0. The van der Waals surface area contributed by atoms with Crippen LogP contribution in [0.25, 0.3) is 11.0 Å². The fraction of sp³-hybridized carbons (Fsp3) is 0.263. The third kappa shape index (κ3) is 3.33. The summed E-state index contributed by atoms with van der Waals surface area (Å²) in [7, 11) is 0. The van der Waals surface area contributed by atoms with Crippen molar-refractivity contribution in [2.45, 2.75) is 6.54 Å². The third-order valence-corrected chi connectivity index (χ3v) is 4.73. The molecule has 0 N–H and O–H groups in total. The summed E-state index contributed by atoms with van der Waals surface area (Å²) < 4.78 is 6.39. The highest BCUT2D eigenvalue weighted by Gasteiger charge is 2.25. The van der Waals surface area contributed by atoms with Crippen LogP contribution < -0.4 is 5.56 Å². The van der Waals surface area contributed by atoms with Crippen LogP contribution in [0.1, 0.15) is 10.4 Å². The number of furan rings is 1. The van der Waals surface area contributed by atoms with Gasteiger partial charge in [-0.15, -0.1) is 0 Å². The summed E-state index contributed by atoms with van der Waals surface area (Å²) in [6, 6.07) is 8.85. The summed E-state index contributed by atoms with van der Waals surface area (Å²) in [6.45, 7) is 1.71. The first-order chi connectivity index (χ1) is 13.1. The molecule has 0 spiro atoms. The standard InChI is InChI=1S/C19H18N4O4/c24-17-11-20-15-3-1-2-4-16(15)23(17)12-18(25)21-6-8-22(9-7-21)19(26)14-5-10-27-13-14/h1-5,10-11,13H,6-9,12H2. The average Bonchev–Trinajstić information content (AvgIpc) is 3.24. The maximum absolute atomic E-state index is 12.7. The lowest BCUT2D eigenvalue weighted by Crippen LogP contribution is -2.51. The molecule has 1 fully saturated rings. The van der Waals surface area contributed by atoms with Gasteiger partial charge in [0.05, 0.1) is 29.1 Å². The summed E-state index contributed by atoms with van der Waals surface area (Å²) in [5.74, 6) is -0.254. The number of fused-ring (bicyclic) bond motifs is 1. The van der Waals surface area contributed by atoms with Gasteiger partial charge in [-0.25, -0.2) is 4.98 Å². The number of hydrogen-bond donors (Lipinski definition) is 0. The first-order valence-corrected chi connectivity index (χ1v) is 8.67. The van der Waals surface area contributed by atoms with Crippen molar-refractivity contribution in [1.29, 1.82) is 0 Å². The molecule has 8 heteroatoms. The summed E-state index contributed by atoms with van der Waals surface area (Å²) >= 11 is 0. The van der Waals surface area contributed by atoms with Gasteiger partial charge in [0.25, 0.3) is 11.5 Å². The molecule has 3 aromatic rings. The second kappa shape index (κ2) is 7.06. The molecule has 1 aliphatic rings. The summed E-state index contributed by atoms with van der Waals surface area (Å²) in [5, 5.41) is 0. The number of aromatic nitrogens is 2. The summed E-state index contributed by atoms with van der Waals surface area (Å²) in [4.78, 5) is 44.7. The van der Waals surface area contributed by atoms with E-state index in [0.29, 0.717) is 42.8 Å². The second-order valence-electron chi connectivity index (χ2n) is 6.36. The molecule has 0 radical (unpaired) electrons. The Balaban J connectivity index is 1.44. The fourth-order valence-electron chi connectivity index (χ4n) is 3.24. The Hall–Kier alpha value is -3.42. The predicted molar refractivity (Wildman–Crippen MR) is 97.2 cm³/mol. The maximum atomic E-state index is 12.7. The van der Waals surface area contributed by atoms with Crippen LogP contribution in [-0.2, 0) is 11.3 Å². The van der Waals surface area contributed by atoms with Crippen LogP contribution in [0.5, 0.6) is 0 Å². The van der Waals surface area contributed by atoms with Crippen LogP contribution in [0.2, 0.25) is 0 Å². The van der Waals surface area contributed by atoms with Crippen molar-refractivity contribution in [2.24, 2.45) is 0 Å². The minimum absolute atomic E-state index is 0.0441. The van der Waals surface area contributed by atoms with Crippen LogP contribution in [0.15, 0.2) is 58.3 Å². The van der Waals surface area contributed by atoms with E-state index >= 15 is 0 Å². The molecule has 2 aromatic heterocycles. The number of hydrogen-bond acceptors (Lipinski definition) is 5. The molecule has 1 aliphatic heterocycles. The van der Waals surface area contributed by atoms with E-state index in [9.17, 15) is 14.4 Å². The van der Waals surface area contributed by atoms with Crippen molar-refractivity contribution in [3.8, 4) is 0 Å². The van der Waals surface area contributed by atoms with Gasteiger partial charge in [-0.1, -0.05) is 12.1 Å². The largest absolute Gasteiger partial charge is 0.472 e. The number of amides is 2. The van der Waals surface area contributed by atoms with E-state index in [-0.39, 0.29) is 23.9 Å². The molecule has 27 heavy (non-hydrogen) atoms. The van der Waals surface area contributed by atoms with E-state index in [2.05, 4.69) is 4.98 Å². The quantitative estimate of drug-likeness (QED) is 0.689. The molecule has 1 aromatic carbocycles. The molecular formula is C19H18N4O4. The van der Waals surface area contributed by atoms with Crippen LogP contribution in [-0.4, -0.2) is 57.3 Å². The first-order valence-electron chi connectivity index (χ1n) is 8.67. The summed E-state index contributed by atoms with van der Waals surface area (Å²) in [5.41, 5.74) is 1.49. The van der Waals surface area contributed by atoms with Gasteiger partial charge in [0.15, 0.2) is 0 Å². The number of carbonyl (C=O) groups is 2. The number of para-hydroxylation sites is 2. The van der Waals surface area contributed by atoms with Crippen LogP contribution in [0.4, 0.5) is 0 Å². The predicted octanol–water partition coefficient (Wildman–Crippen LogP) is 0.974. The van der Waals surface area contributed by atoms with Gasteiger partial charge in [0, 0.05) is 26.2 Å². The van der Waals surface area contributed by atoms with E-state index < -0.39 is 0 Å². The lowest BCUT2D eigenvalue weighted by Gasteiger charge is -2.34. The fourth-order valence-corrected chi connectivity index (χ4v) is 3.24. The van der Waals surface area contributed by atoms with E-state index in [0.717, 1.165) is 0 Å². The van der Waals surface area contributed by atoms with Crippen molar-refractivity contribution < 1.29 is 14.0 Å². The van der Waals surface area contributed by atoms with Crippen molar-refractivity contribution >= 4 is 22.8 Å². The zero-order valence-corrected chi connectivity index (χ0v) is 14.6. The van der Waals surface area contributed by atoms with Crippen molar-refractivity contribution in [1.82, 2.24) is 19.4 Å². The highest BCUT2D eigenvalue weighted by molar-refractivity contribution is 5.94. The molecule has 0 atom stereocenters. The SMILES string of the molecule is O=C(Cn1c(=O)cnc2ccccc21)N1CCN(C(=O)c2ccoc2)CC1. The highest BCUT2D eigenvalue weighted by Crippen LogP contribution is 2.12. The molecule has 4 rings (SSSR count). The Morgan fingerprint density at radius 2 is 1.78 bits per heavy atom. The molecule has 0 aliphatic carbocycles. The van der Waals surface area contributed by atoms with Crippen LogP contribution >= 0.6 is 0 Å². The van der Waals surface area contributed by atoms with Gasteiger partial charge in [0.2, 0.25) is 5.91 Å². The highest BCUT2D eigenvalue weighted by atomic mass is 16.3. The molecule has 2 amide bonds. The normalized spacial score (nSPS) is 14.5. The Morgan fingerprint density at radius 1 is 1.04 bits per heavy atom. The zero-order chi connectivity index (χ0) is 18.8. The van der Waals surface area contributed by atoms with Gasteiger partial charge < -0.3 is 14.2 Å². The van der Waals surface area contributed by atoms with E-state index in [1.165, 1.54) is 23.3 Å². The van der Waals surface area contributed by atoms with Gasteiger partial charge in [0.1, 0.15) is 12.8 Å². The molecule has 0 bridgehead atoms. The number of nitrogens with zero attached hydrogens (tertiary/aromatic N) is 4. The molecule has 1 saturated heterocycles. The van der Waals surface area contributed by atoms with Gasteiger partial charge in [-0.05, 0) is 18.2 Å². The van der Waals surface area contributed by atoms with E-state index in [1.54, 1.807) is 28.0 Å². The molecule has 8 nitrogen and oxygen atoms in total. The molecule has 3 heterocycles. The Labute approximate surface area is 154 Å². The lowest BCUT2D eigenvalue weighted by atomic mass is 10.2. The van der Waals surface area contributed by atoms with Crippen molar-refractivity contribution in [3.63, 3.8) is 0 Å². The minimum Gasteiger partial charge on any atom is -0.472 e.